The minimum Gasteiger partial charge on any atom is -0.486 e. The Morgan fingerprint density at radius 3 is 2.15 bits per heavy atom. The van der Waals surface area contributed by atoms with Crippen LogP contribution in [0.2, 0.25) is 0 Å². The quantitative estimate of drug-likeness (QED) is 0.506. The average molecular weight is 456 g/mol. The van der Waals surface area contributed by atoms with Crippen molar-refractivity contribution < 1.29 is 32.3 Å². The van der Waals surface area contributed by atoms with Crippen LogP contribution in [0.25, 0.3) is 0 Å². The molecule has 7 nitrogen and oxygen atoms in total. The molecule has 0 bridgehead atoms. The second-order valence-corrected chi connectivity index (χ2v) is 7.43. The molecule has 0 aliphatic carbocycles. The maximum absolute atomic E-state index is 13.1. The number of piperazine rings is 1. The largest absolute Gasteiger partial charge is 0.486 e. The molecule has 0 N–H and O–H groups in total. The third-order valence-corrected chi connectivity index (χ3v) is 5.21. The number of amides is 1. The Bertz CT molecular complexity index is 1090. The lowest BCUT2D eigenvalue weighted by Crippen LogP contribution is -2.49. The van der Waals surface area contributed by atoms with Crippen LogP contribution in [0, 0.1) is 11.6 Å². The predicted octanol–water partition coefficient (Wildman–Crippen LogP) is 3.64. The van der Waals surface area contributed by atoms with E-state index in [1.807, 2.05) is 0 Å². The Balaban J connectivity index is 1.21. The molecule has 0 saturated carbocycles. The number of nitrogens with zero attached hydrogens (tertiary/aromatic N) is 2. The SMILES string of the molecule is O=C(OCC(=O)N1CCN(c2ccc(F)cc2)CC1)c1ccc(COc2ccc(F)cc2)o1. The lowest BCUT2D eigenvalue weighted by Gasteiger charge is -2.36. The summed E-state index contributed by atoms with van der Waals surface area (Å²) in [6, 6.07) is 14.8. The summed E-state index contributed by atoms with van der Waals surface area (Å²) in [4.78, 5) is 28.3. The van der Waals surface area contributed by atoms with Crippen molar-refractivity contribution in [2.75, 3.05) is 37.7 Å². The van der Waals surface area contributed by atoms with Crippen molar-refractivity contribution in [3.8, 4) is 5.75 Å². The van der Waals surface area contributed by atoms with E-state index in [0.717, 1.165) is 5.69 Å². The fourth-order valence-electron chi connectivity index (χ4n) is 3.41. The summed E-state index contributed by atoms with van der Waals surface area (Å²) in [7, 11) is 0. The third kappa shape index (κ3) is 5.88. The molecular weight excluding hydrogens is 434 g/mol. The van der Waals surface area contributed by atoms with Crippen molar-refractivity contribution in [2.24, 2.45) is 0 Å². The van der Waals surface area contributed by atoms with Gasteiger partial charge in [-0.05, 0) is 60.7 Å². The topological polar surface area (TPSA) is 72.2 Å². The molecular formula is C24H22F2N2O5. The van der Waals surface area contributed by atoms with Crippen molar-refractivity contribution in [1.29, 1.82) is 0 Å². The van der Waals surface area contributed by atoms with Crippen molar-refractivity contribution in [1.82, 2.24) is 4.90 Å². The predicted molar refractivity (Wildman–Crippen MR) is 115 cm³/mol. The van der Waals surface area contributed by atoms with Gasteiger partial charge >= 0.3 is 5.97 Å². The summed E-state index contributed by atoms with van der Waals surface area (Å²) < 4.78 is 42.0. The van der Waals surface area contributed by atoms with E-state index in [9.17, 15) is 18.4 Å². The van der Waals surface area contributed by atoms with Crippen LogP contribution in [0.4, 0.5) is 14.5 Å². The summed E-state index contributed by atoms with van der Waals surface area (Å²) in [6.45, 7) is 1.80. The van der Waals surface area contributed by atoms with Crippen LogP contribution in [0.15, 0.2) is 65.1 Å². The van der Waals surface area contributed by atoms with Gasteiger partial charge in [0.25, 0.3) is 5.91 Å². The highest BCUT2D eigenvalue weighted by molar-refractivity contribution is 5.89. The minimum atomic E-state index is -0.749. The van der Waals surface area contributed by atoms with Gasteiger partial charge in [0.15, 0.2) is 6.61 Å². The second-order valence-electron chi connectivity index (χ2n) is 7.43. The summed E-state index contributed by atoms with van der Waals surface area (Å²) >= 11 is 0. The number of anilines is 1. The highest BCUT2D eigenvalue weighted by Crippen LogP contribution is 2.18. The maximum atomic E-state index is 13.1. The van der Waals surface area contributed by atoms with Crippen molar-refractivity contribution >= 4 is 17.6 Å². The zero-order chi connectivity index (χ0) is 23.2. The van der Waals surface area contributed by atoms with Crippen LogP contribution < -0.4 is 9.64 Å². The number of furan rings is 1. The molecule has 9 heteroatoms. The average Bonchev–Trinajstić information content (AvgIpc) is 3.32. The van der Waals surface area contributed by atoms with Gasteiger partial charge in [-0.15, -0.1) is 0 Å². The van der Waals surface area contributed by atoms with Crippen LogP contribution in [-0.2, 0) is 16.1 Å². The lowest BCUT2D eigenvalue weighted by atomic mass is 10.2. The van der Waals surface area contributed by atoms with E-state index in [-0.39, 0.29) is 29.9 Å². The third-order valence-electron chi connectivity index (χ3n) is 5.21. The number of carbonyl (C=O) groups is 2. The number of carbonyl (C=O) groups excluding carboxylic acids is 2. The summed E-state index contributed by atoms with van der Waals surface area (Å²) in [5.74, 6) is -0.902. The molecule has 1 fully saturated rings. The molecule has 0 radical (unpaired) electrons. The van der Waals surface area contributed by atoms with E-state index in [0.29, 0.717) is 37.7 Å². The number of rotatable bonds is 7. The molecule has 172 valence electrons. The van der Waals surface area contributed by atoms with Gasteiger partial charge in [-0.1, -0.05) is 0 Å². The van der Waals surface area contributed by atoms with E-state index >= 15 is 0 Å². The molecule has 4 rings (SSSR count). The van der Waals surface area contributed by atoms with Crippen LogP contribution in [0.3, 0.4) is 0 Å². The molecule has 1 saturated heterocycles. The molecule has 0 unspecified atom stereocenters. The Hall–Kier alpha value is -3.88. The van der Waals surface area contributed by atoms with Gasteiger partial charge in [0.05, 0.1) is 0 Å². The van der Waals surface area contributed by atoms with Crippen LogP contribution in [0.1, 0.15) is 16.3 Å². The normalized spacial score (nSPS) is 13.6. The molecule has 2 aromatic carbocycles. The molecule has 0 spiro atoms. The Kier molecular flexibility index (Phi) is 6.87. The molecule has 33 heavy (non-hydrogen) atoms. The first-order valence-electron chi connectivity index (χ1n) is 10.4. The highest BCUT2D eigenvalue weighted by atomic mass is 19.1. The molecule has 1 aromatic heterocycles. The van der Waals surface area contributed by atoms with Crippen LogP contribution >= 0.6 is 0 Å². The second kappa shape index (κ2) is 10.2. The van der Waals surface area contributed by atoms with Crippen molar-refractivity contribution in [3.63, 3.8) is 0 Å². The Labute approximate surface area is 189 Å². The Morgan fingerprint density at radius 2 is 1.48 bits per heavy atom. The van der Waals surface area contributed by atoms with Crippen LogP contribution in [-0.4, -0.2) is 49.6 Å². The van der Waals surface area contributed by atoms with E-state index in [2.05, 4.69) is 4.90 Å². The number of ether oxygens (including phenoxy) is 2. The summed E-state index contributed by atoms with van der Waals surface area (Å²) in [5, 5.41) is 0. The standard InChI is InChI=1S/C24H22F2N2O5/c25-17-1-5-19(6-2-17)27-11-13-28(14-12-27)23(29)16-32-24(30)22-10-9-21(33-22)15-31-20-7-3-18(26)4-8-20/h1-10H,11-16H2. The first-order valence-corrected chi connectivity index (χ1v) is 10.4. The highest BCUT2D eigenvalue weighted by Gasteiger charge is 2.23. The first kappa shape index (κ1) is 22.3. The van der Waals surface area contributed by atoms with Crippen molar-refractivity contribution in [3.05, 3.63) is 83.8 Å². The van der Waals surface area contributed by atoms with E-state index in [1.54, 1.807) is 23.1 Å². The molecule has 1 amide bonds. The fraction of sp³-hybridized carbons (Fsp3) is 0.250. The number of hydrogen-bond acceptors (Lipinski definition) is 6. The van der Waals surface area contributed by atoms with E-state index < -0.39 is 12.6 Å². The molecule has 1 aliphatic heterocycles. The van der Waals surface area contributed by atoms with Gasteiger partial charge in [-0.25, -0.2) is 13.6 Å². The van der Waals surface area contributed by atoms with Gasteiger partial charge < -0.3 is 23.7 Å². The lowest BCUT2D eigenvalue weighted by molar-refractivity contribution is -0.134. The van der Waals surface area contributed by atoms with Gasteiger partial charge in [-0.3, -0.25) is 4.79 Å². The molecule has 2 heterocycles. The van der Waals surface area contributed by atoms with Gasteiger partial charge in [0.1, 0.15) is 29.8 Å². The van der Waals surface area contributed by atoms with E-state index in [1.165, 1.54) is 42.5 Å². The minimum absolute atomic E-state index is 0.0402. The zero-order valence-electron chi connectivity index (χ0n) is 17.7. The summed E-state index contributed by atoms with van der Waals surface area (Å²) in [6.07, 6.45) is 0. The Morgan fingerprint density at radius 1 is 0.848 bits per heavy atom. The first-order chi connectivity index (χ1) is 16.0. The van der Waals surface area contributed by atoms with Gasteiger partial charge in [0, 0.05) is 31.9 Å². The van der Waals surface area contributed by atoms with Gasteiger partial charge in [-0.2, -0.15) is 0 Å². The molecule has 1 aliphatic rings. The number of hydrogen-bond donors (Lipinski definition) is 0. The number of benzene rings is 2. The number of esters is 1. The maximum Gasteiger partial charge on any atom is 0.374 e. The van der Waals surface area contributed by atoms with Gasteiger partial charge in [0.2, 0.25) is 5.76 Å². The smallest absolute Gasteiger partial charge is 0.374 e. The van der Waals surface area contributed by atoms with Crippen molar-refractivity contribution in [2.45, 2.75) is 6.61 Å². The monoisotopic (exact) mass is 456 g/mol. The summed E-state index contributed by atoms with van der Waals surface area (Å²) in [5.41, 5.74) is 0.895. The zero-order valence-corrected chi connectivity index (χ0v) is 17.7. The van der Waals surface area contributed by atoms with E-state index in [4.69, 9.17) is 13.9 Å². The molecule has 3 aromatic rings. The fourth-order valence-corrected chi connectivity index (χ4v) is 3.41. The van der Waals surface area contributed by atoms with Crippen LogP contribution in [0.5, 0.6) is 5.75 Å². The molecule has 0 atom stereocenters. The number of halogens is 2.